The van der Waals surface area contributed by atoms with Crippen molar-refractivity contribution < 1.29 is 9.09 Å². The van der Waals surface area contributed by atoms with Gasteiger partial charge in [-0.2, -0.15) is 0 Å². The first-order valence-corrected chi connectivity index (χ1v) is 9.51. The molecule has 1 atom stereocenters. The van der Waals surface area contributed by atoms with E-state index in [2.05, 4.69) is 0 Å². The van der Waals surface area contributed by atoms with Crippen molar-refractivity contribution in [2.24, 2.45) is 0 Å². The van der Waals surface area contributed by atoms with Crippen LogP contribution < -0.4 is 0 Å². The summed E-state index contributed by atoms with van der Waals surface area (Å²) < 4.78 is 21.3. The highest BCUT2D eigenvalue weighted by molar-refractivity contribution is 7.55. The molecule has 3 nitrogen and oxygen atoms in total. The first kappa shape index (κ1) is 17.0. The number of benzene rings is 2. The molecule has 0 heterocycles. The molecule has 2 aromatic carbocycles. The molecule has 0 saturated heterocycles. The van der Waals surface area contributed by atoms with Crippen molar-refractivity contribution in [1.29, 1.82) is 0 Å². The Labute approximate surface area is 133 Å². The van der Waals surface area contributed by atoms with Gasteiger partial charge in [-0.15, -0.1) is 0 Å². The third kappa shape index (κ3) is 4.54. The molecule has 0 fully saturated rings. The highest BCUT2D eigenvalue weighted by Gasteiger charge is 2.30. The van der Waals surface area contributed by atoms with E-state index < -0.39 is 7.52 Å². The third-order valence-electron chi connectivity index (χ3n) is 3.66. The summed E-state index contributed by atoms with van der Waals surface area (Å²) in [5.74, 6) is 0. The van der Waals surface area contributed by atoms with E-state index in [1.807, 2.05) is 79.2 Å². The van der Waals surface area contributed by atoms with Gasteiger partial charge in [0.05, 0.1) is 12.8 Å². The topological polar surface area (TPSA) is 29.5 Å². The van der Waals surface area contributed by atoms with Crippen LogP contribution in [0.1, 0.15) is 25.0 Å². The summed E-state index contributed by atoms with van der Waals surface area (Å²) in [6.45, 7) is 5.85. The Bertz CT molecular complexity index is 597. The van der Waals surface area contributed by atoms with Gasteiger partial charge in [0.25, 0.3) is 7.52 Å². The molecule has 1 unspecified atom stereocenters. The van der Waals surface area contributed by atoms with Crippen molar-refractivity contribution in [3.8, 4) is 0 Å². The van der Waals surface area contributed by atoms with Gasteiger partial charge in [-0.1, -0.05) is 74.5 Å². The molecular weight excluding hydrogens is 293 g/mol. The lowest BCUT2D eigenvalue weighted by atomic mass is 10.2. The summed E-state index contributed by atoms with van der Waals surface area (Å²) in [7, 11) is -2.88. The van der Waals surface area contributed by atoms with Gasteiger partial charge in [-0.3, -0.25) is 4.57 Å². The molecule has 0 amide bonds. The van der Waals surface area contributed by atoms with E-state index in [-0.39, 0.29) is 0 Å². The van der Waals surface area contributed by atoms with E-state index in [1.54, 1.807) is 0 Å². The van der Waals surface area contributed by atoms with Crippen LogP contribution in [0.25, 0.3) is 0 Å². The Morgan fingerprint density at radius 2 is 1.36 bits per heavy atom. The van der Waals surface area contributed by atoms with Gasteiger partial charge in [0.15, 0.2) is 0 Å². The summed E-state index contributed by atoms with van der Waals surface area (Å²) in [5, 5.41) is 0. The average Bonchev–Trinajstić information content (AvgIpc) is 2.56. The molecule has 0 N–H and O–H groups in total. The quantitative estimate of drug-likeness (QED) is 0.646. The summed E-state index contributed by atoms with van der Waals surface area (Å²) in [6.07, 6.45) is 0.447. The second kappa shape index (κ2) is 8.28. The van der Waals surface area contributed by atoms with Crippen molar-refractivity contribution >= 4 is 7.52 Å². The summed E-state index contributed by atoms with van der Waals surface area (Å²) in [4.78, 5) is 0. The van der Waals surface area contributed by atoms with Crippen molar-refractivity contribution in [2.75, 3.05) is 13.1 Å². The monoisotopic (exact) mass is 317 g/mol. The van der Waals surface area contributed by atoms with Crippen LogP contribution in [0.4, 0.5) is 0 Å². The molecule has 2 rings (SSSR count). The zero-order chi connectivity index (χ0) is 15.8. The molecule has 0 bridgehead atoms. The second-order valence-corrected chi connectivity index (χ2v) is 7.59. The van der Waals surface area contributed by atoms with Crippen LogP contribution >= 0.6 is 7.52 Å². The summed E-state index contributed by atoms with van der Waals surface area (Å²) >= 11 is 0. The van der Waals surface area contributed by atoms with Crippen LogP contribution in [0.15, 0.2) is 60.7 Å². The van der Waals surface area contributed by atoms with Gasteiger partial charge in [0, 0.05) is 13.1 Å². The van der Waals surface area contributed by atoms with Gasteiger partial charge in [0.2, 0.25) is 0 Å². The van der Waals surface area contributed by atoms with Gasteiger partial charge < -0.3 is 4.52 Å². The van der Waals surface area contributed by atoms with Gasteiger partial charge in [-0.25, -0.2) is 4.67 Å². The fourth-order valence-electron chi connectivity index (χ4n) is 2.45. The van der Waals surface area contributed by atoms with Gasteiger partial charge in [0.1, 0.15) is 0 Å². The molecule has 0 aliphatic rings. The van der Waals surface area contributed by atoms with Gasteiger partial charge >= 0.3 is 0 Å². The molecule has 0 aliphatic heterocycles. The smallest absolute Gasteiger partial charge is 0.277 e. The van der Waals surface area contributed by atoms with E-state index in [0.29, 0.717) is 12.8 Å². The molecule has 2 aromatic rings. The summed E-state index contributed by atoms with van der Waals surface area (Å²) in [6, 6.07) is 19.8. The minimum absolute atomic E-state index is 0.376. The van der Waals surface area contributed by atoms with E-state index >= 15 is 0 Å². The molecule has 0 radical (unpaired) electrons. The molecule has 118 valence electrons. The molecule has 0 aliphatic carbocycles. The Morgan fingerprint density at radius 1 is 0.864 bits per heavy atom. The zero-order valence-corrected chi connectivity index (χ0v) is 14.2. The maximum Gasteiger partial charge on any atom is 0.277 e. The molecule has 0 saturated carbocycles. The maximum absolute atomic E-state index is 13.4. The van der Waals surface area contributed by atoms with E-state index in [9.17, 15) is 4.57 Å². The Kier molecular flexibility index (Phi) is 6.38. The van der Waals surface area contributed by atoms with E-state index in [4.69, 9.17) is 4.52 Å². The normalized spacial score (nSPS) is 14.0. The van der Waals surface area contributed by atoms with Crippen LogP contribution in [0.3, 0.4) is 0 Å². The number of rotatable bonds is 8. The Morgan fingerprint density at radius 3 is 1.86 bits per heavy atom. The number of nitrogens with zero attached hydrogens (tertiary/aromatic N) is 1. The summed E-state index contributed by atoms with van der Waals surface area (Å²) in [5.41, 5.74) is 2.09. The lowest BCUT2D eigenvalue weighted by Gasteiger charge is -2.29. The van der Waals surface area contributed by atoms with Gasteiger partial charge in [-0.05, 0) is 11.1 Å². The van der Waals surface area contributed by atoms with E-state index in [0.717, 1.165) is 24.2 Å². The Hall–Kier alpha value is -1.41. The molecule has 0 spiro atoms. The lowest BCUT2D eigenvalue weighted by molar-refractivity contribution is 0.254. The third-order valence-corrected chi connectivity index (χ3v) is 6.39. The SMILES string of the molecule is CCN(CC)P(=O)(Cc1ccccc1)OCc1ccccc1. The van der Waals surface area contributed by atoms with Crippen molar-refractivity contribution in [1.82, 2.24) is 4.67 Å². The second-order valence-electron chi connectivity index (χ2n) is 5.18. The highest BCUT2D eigenvalue weighted by Crippen LogP contribution is 2.54. The Balaban J connectivity index is 2.16. The molecular formula is C18H24NO2P. The van der Waals surface area contributed by atoms with Crippen molar-refractivity contribution in [3.63, 3.8) is 0 Å². The minimum atomic E-state index is -2.88. The largest absolute Gasteiger partial charge is 0.312 e. The van der Waals surface area contributed by atoms with E-state index in [1.165, 1.54) is 0 Å². The number of hydrogen-bond donors (Lipinski definition) is 0. The standard InChI is InChI=1S/C18H24NO2P/c1-3-19(4-2)22(20,16-18-13-9-6-10-14-18)21-15-17-11-7-5-8-12-17/h5-14H,3-4,15-16H2,1-2H3. The van der Waals surface area contributed by atoms with Crippen LogP contribution in [0.5, 0.6) is 0 Å². The highest BCUT2D eigenvalue weighted by atomic mass is 31.2. The van der Waals surface area contributed by atoms with Crippen LogP contribution in [-0.4, -0.2) is 17.8 Å². The van der Waals surface area contributed by atoms with Crippen molar-refractivity contribution in [3.05, 3.63) is 71.8 Å². The molecule has 4 heteroatoms. The first-order chi connectivity index (χ1) is 10.7. The predicted octanol–water partition coefficient (Wildman–Crippen LogP) is 4.94. The van der Waals surface area contributed by atoms with Crippen LogP contribution in [0, 0.1) is 0 Å². The number of hydrogen-bond acceptors (Lipinski definition) is 2. The van der Waals surface area contributed by atoms with Crippen LogP contribution in [-0.2, 0) is 21.9 Å². The van der Waals surface area contributed by atoms with Crippen LogP contribution in [0.2, 0.25) is 0 Å². The molecule has 22 heavy (non-hydrogen) atoms. The predicted molar refractivity (Wildman–Crippen MR) is 91.9 cm³/mol. The average molecular weight is 317 g/mol. The molecule has 0 aromatic heterocycles. The van der Waals surface area contributed by atoms with Crippen molar-refractivity contribution in [2.45, 2.75) is 26.6 Å². The first-order valence-electron chi connectivity index (χ1n) is 7.75. The maximum atomic E-state index is 13.4. The lowest BCUT2D eigenvalue weighted by Crippen LogP contribution is -2.22. The minimum Gasteiger partial charge on any atom is -0.312 e. The fraction of sp³-hybridized carbons (Fsp3) is 0.333. The zero-order valence-electron chi connectivity index (χ0n) is 13.3. The fourth-order valence-corrected chi connectivity index (χ4v) is 4.79.